The summed E-state index contributed by atoms with van der Waals surface area (Å²) in [4.78, 5) is 23.3. The fourth-order valence-electron chi connectivity index (χ4n) is 3.62. The zero-order valence-electron chi connectivity index (χ0n) is 16.7. The molecule has 28 heavy (non-hydrogen) atoms. The minimum absolute atomic E-state index is 0.273. The zero-order chi connectivity index (χ0) is 19.9. The first-order valence-corrected chi connectivity index (χ1v) is 10.1. The van der Waals surface area contributed by atoms with Gasteiger partial charge in [-0.05, 0) is 56.4 Å². The van der Waals surface area contributed by atoms with Gasteiger partial charge in [0.25, 0.3) is 0 Å². The van der Waals surface area contributed by atoms with E-state index in [9.17, 15) is 9.90 Å². The van der Waals surface area contributed by atoms with Gasteiger partial charge < -0.3 is 14.7 Å². The van der Waals surface area contributed by atoms with Crippen molar-refractivity contribution in [3.8, 4) is 17.0 Å². The maximum atomic E-state index is 11.4. The van der Waals surface area contributed by atoms with Crippen LogP contribution in [0.5, 0.6) is 5.75 Å². The molecule has 1 aliphatic rings. The Morgan fingerprint density at radius 2 is 2.04 bits per heavy atom. The highest BCUT2D eigenvalue weighted by Crippen LogP contribution is 2.31. The number of hydrogen-bond acceptors (Lipinski definition) is 5. The molecule has 1 aromatic carbocycles. The van der Waals surface area contributed by atoms with Crippen molar-refractivity contribution < 1.29 is 14.6 Å². The number of methoxy groups -OCH3 is 1. The van der Waals surface area contributed by atoms with Crippen molar-refractivity contribution in [3.63, 3.8) is 0 Å². The van der Waals surface area contributed by atoms with E-state index in [4.69, 9.17) is 14.7 Å². The molecule has 150 valence electrons. The largest absolute Gasteiger partial charge is 0.497 e. The molecule has 1 fully saturated rings. The third kappa shape index (κ3) is 4.80. The number of anilines is 1. The average molecular weight is 383 g/mol. The van der Waals surface area contributed by atoms with Gasteiger partial charge in [0.1, 0.15) is 11.4 Å². The predicted octanol–water partition coefficient (Wildman–Crippen LogP) is 4.19. The van der Waals surface area contributed by atoms with Gasteiger partial charge in [-0.1, -0.05) is 13.3 Å². The molecule has 6 heteroatoms. The van der Waals surface area contributed by atoms with E-state index in [1.807, 2.05) is 30.5 Å². The van der Waals surface area contributed by atoms with Gasteiger partial charge >= 0.3 is 5.97 Å². The van der Waals surface area contributed by atoms with E-state index in [-0.39, 0.29) is 5.92 Å². The number of carboxylic acid groups (broad SMARTS) is 1. The summed E-state index contributed by atoms with van der Waals surface area (Å²) in [6, 6.07) is 7.84. The number of aliphatic carboxylic acids is 1. The van der Waals surface area contributed by atoms with Crippen molar-refractivity contribution in [1.29, 1.82) is 0 Å². The van der Waals surface area contributed by atoms with Crippen molar-refractivity contribution >= 4 is 11.8 Å². The maximum Gasteiger partial charge on any atom is 0.306 e. The number of carbonyl (C=O) groups is 1. The summed E-state index contributed by atoms with van der Waals surface area (Å²) in [5.41, 5.74) is 2.83. The number of nitrogens with zero attached hydrogens (tertiary/aromatic N) is 3. The molecule has 1 unspecified atom stereocenters. The predicted molar refractivity (Wildman–Crippen MR) is 110 cm³/mol. The van der Waals surface area contributed by atoms with Gasteiger partial charge in [-0.15, -0.1) is 0 Å². The van der Waals surface area contributed by atoms with E-state index in [0.29, 0.717) is 19.4 Å². The van der Waals surface area contributed by atoms with Crippen LogP contribution in [0.15, 0.2) is 30.5 Å². The van der Waals surface area contributed by atoms with Crippen LogP contribution in [-0.4, -0.2) is 41.2 Å². The Bertz CT molecular complexity index is 792. The van der Waals surface area contributed by atoms with Crippen LogP contribution in [0.2, 0.25) is 0 Å². The molecule has 0 amide bonds. The minimum atomic E-state index is -0.694. The SMILES string of the molecule is CCCCc1cnc(-c2ccc(OC)cc2)c(N2CCCC(C(=O)O)CC2)n1. The van der Waals surface area contributed by atoms with Crippen molar-refractivity contribution in [2.75, 3.05) is 25.1 Å². The topological polar surface area (TPSA) is 75.5 Å². The number of unbranched alkanes of at least 4 members (excludes halogenated alkanes) is 1. The molecule has 0 spiro atoms. The quantitative estimate of drug-likeness (QED) is 0.773. The van der Waals surface area contributed by atoms with E-state index in [1.54, 1.807) is 7.11 Å². The van der Waals surface area contributed by atoms with Crippen molar-refractivity contribution in [2.24, 2.45) is 5.92 Å². The molecule has 0 bridgehead atoms. The Hall–Kier alpha value is -2.63. The Kier molecular flexibility index (Phi) is 6.85. The number of benzene rings is 1. The molecule has 1 N–H and O–H groups in total. The monoisotopic (exact) mass is 383 g/mol. The van der Waals surface area contributed by atoms with Gasteiger partial charge in [0.05, 0.1) is 18.7 Å². The molecule has 0 saturated carbocycles. The lowest BCUT2D eigenvalue weighted by Crippen LogP contribution is -2.27. The van der Waals surface area contributed by atoms with Crippen molar-refractivity contribution in [3.05, 3.63) is 36.2 Å². The normalized spacial score (nSPS) is 17.2. The van der Waals surface area contributed by atoms with Crippen LogP contribution < -0.4 is 9.64 Å². The highest BCUT2D eigenvalue weighted by molar-refractivity contribution is 5.73. The second-order valence-electron chi connectivity index (χ2n) is 7.32. The number of ether oxygens (including phenoxy) is 1. The van der Waals surface area contributed by atoms with Crippen LogP contribution in [0.25, 0.3) is 11.3 Å². The summed E-state index contributed by atoms with van der Waals surface area (Å²) in [5, 5.41) is 9.38. The Morgan fingerprint density at radius 1 is 1.25 bits per heavy atom. The van der Waals surface area contributed by atoms with Gasteiger partial charge in [0.15, 0.2) is 5.82 Å². The molecule has 6 nitrogen and oxygen atoms in total. The number of hydrogen-bond donors (Lipinski definition) is 1. The summed E-state index contributed by atoms with van der Waals surface area (Å²) >= 11 is 0. The van der Waals surface area contributed by atoms with Gasteiger partial charge in [-0.3, -0.25) is 9.78 Å². The lowest BCUT2D eigenvalue weighted by atomic mass is 10.0. The molecule has 2 heterocycles. The number of rotatable bonds is 7. The van der Waals surface area contributed by atoms with E-state index in [1.165, 1.54) is 0 Å². The van der Waals surface area contributed by atoms with Crippen LogP contribution in [0.3, 0.4) is 0 Å². The average Bonchev–Trinajstić information content (AvgIpc) is 2.98. The van der Waals surface area contributed by atoms with Gasteiger partial charge in [-0.25, -0.2) is 4.98 Å². The summed E-state index contributed by atoms with van der Waals surface area (Å²) in [7, 11) is 1.65. The highest BCUT2D eigenvalue weighted by atomic mass is 16.5. The zero-order valence-corrected chi connectivity index (χ0v) is 16.7. The van der Waals surface area contributed by atoms with Gasteiger partial charge in [0, 0.05) is 24.8 Å². The molecule has 0 radical (unpaired) electrons. The molecular weight excluding hydrogens is 354 g/mol. The van der Waals surface area contributed by atoms with Crippen LogP contribution in [0.1, 0.15) is 44.7 Å². The van der Waals surface area contributed by atoms with E-state index < -0.39 is 5.97 Å². The number of aromatic nitrogens is 2. The summed E-state index contributed by atoms with van der Waals surface area (Å²) in [6.45, 7) is 3.66. The maximum absolute atomic E-state index is 11.4. The van der Waals surface area contributed by atoms with Crippen LogP contribution in [0, 0.1) is 5.92 Å². The smallest absolute Gasteiger partial charge is 0.306 e. The standard InChI is InChI=1S/C22H29N3O3/c1-3-4-7-18-15-23-20(16-8-10-19(28-2)11-9-16)21(24-18)25-13-5-6-17(12-14-25)22(26)27/h8-11,15,17H,3-7,12-14H2,1-2H3,(H,26,27). The van der Waals surface area contributed by atoms with Crippen molar-refractivity contribution in [2.45, 2.75) is 45.4 Å². The summed E-state index contributed by atoms with van der Waals surface area (Å²) in [5.74, 6) is 0.701. The van der Waals surface area contributed by atoms with Crippen LogP contribution in [-0.2, 0) is 11.2 Å². The first kappa shape index (κ1) is 20.1. The molecule has 1 aliphatic heterocycles. The molecule has 1 aromatic heterocycles. The fraction of sp³-hybridized carbons (Fsp3) is 0.500. The second kappa shape index (κ2) is 9.53. The summed E-state index contributed by atoms with van der Waals surface area (Å²) < 4.78 is 5.26. The molecule has 1 atom stereocenters. The van der Waals surface area contributed by atoms with Gasteiger partial charge in [-0.2, -0.15) is 0 Å². The Balaban J connectivity index is 1.93. The third-order valence-corrected chi connectivity index (χ3v) is 5.33. The lowest BCUT2D eigenvalue weighted by molar-refractivity contribution is -0.142. The molecule has 1 saturated heterocycles. The van der Waals surface area contributed by atoms with E-state index in [2.05, 4.69) is 11.8 Å². The second-order valence-corrected chi connectivity index (χ2v) is 7.32. The first-order valence-electron chi connectivity index (χ1n) is 10.1. The van der Waals surface area contributed by atoms with E-state index in [0.717, 1.165) is 60.7 Å². The molecule has 3 rings (SSSR count). The number of aryl methyl sites for hydroxylation is 1. The third-order valence-electron chi connectivity index (χ3n) is 5.33. The van der Waals surface area contributed by atoms with Gasteiger partial charge in [0.2, 0.25) is 0 Å². The molecular formula is C22H29N3O3. The molecule has 0 aliphatic carbocycles. The number of carboxylic acids is 1. The Morgan fingerprint density at radius 3 is 2.71 bits per heavy atom. The van der Waals surface area contributed by atoms with E-state index >= 15 is 0 Å². The fourth-order valence-corrected chi connectivity index (χ4v) is 3.62. The van der Waals surface area contributed by atoms with Crippen LogP contribution >= 0.6 is 0 Å². The molecule has 2 aromatic rings. The minimum Gasteiger partial charge on any atom is -0.497 e. The lowest BCUT2D eigenvalue weighted by Gasteiger charge is -2.24. The highest BCUT2D eigenvalue weighted by Gasteiger charge is 2.25. The van der Waals surface area contributed by atoms with Crippen molar-refractivity contribution in [1.82, 2.24) is 9.97 Å². The summed E-state index contributed by atoms with van der Waals surface area (Å²) in [6.07, 6.45) is 7.17. The first-order chi connectivity index (χ1) is 13.6. The van der Waals surface area contributed by atoms with Crippen LogP contribution in [0.4, 0.5) is 5.82 Å². The Labute approximate surface area is 166 Å².